The average molecular weight is 292 g/mol. The van der Waals surface area contributed by atoms with E-state index < -0.39 is 0 Å². The van der Waals surface area contributed by atoms with Gasteiger partial charge in [-0.3, -0.25) is 4.90 Å². The van der Waals surface area contributed by atoms with E-state index in [0.717, 1.165) is 38.2 Å². The first kappa shape index (κ1) is 15.1. The summed E-state index contributed by atoms with van der Waals surface area (Å²) < 4.78 is 11.5. The van der Waals surface area contributed by atoms with Gasteiger partial charge in [-0.25, -0.2) is 0 Å². The third-order valence-corrected chi connectivity index (χ3v) is 5.02. The Labute approximate surface area is 127 Å². The summed E-state index contributed by atoms with van der Waals surface area (Å²) in [6, 6.07) is 4.72. The molecule has 4 nitrogen and oxygen atoms in total. The molecule has 2 aliphatic rings. The topological polar surface area (TPSA) is 51.6 Å². The molecular formula is C17H28N2O2. The minimum Gasteiger partial charge on any atom is -0.468 e. The van der Waals surface area contributed by atoms with Gasteiger partial charge in [-0.15, -0.1) is 0 Å². The number of hydrogen-bond donors (Lipinski definition) is 1. The fourth-order valence-corrected chi connectivity index (χ4v) is 3.71. The Morgan fingerprint density at radius 1 is 1.43 bits per heavy atom. The van der Waals surface area contributed by atoms with Crippen molar-refractivity contribution < 1.29 is 9.15 Å². The Bertz CT molecular complexity index is 428. The smallest absolute Gasteiger partial charge is 0.117 e. The van der Waals surface area contributed by atoms with Gasteiger partial charge in [0.25, 0.3) is 0 Å². The summed E-state index contributed by atoms with van der Waals surface area (Å²) >= 11 is 0. The highest BCUT2D eigenvalue weighted by Gasteiger charge is 2.46. The van der Waals surface area contributed by atoms with Crippen molar-refractivity contribution in [2.45, 2.75) is 69.7 Å². The lowest BCUT2D eigenvalue weighted by Crippen LogP contribution is -2.59. The van der Waals surface area contributed by atoms with Crippen molar-refractivity contribution >= 4 is 0 Å². The van der Waals surface area contributed by atoms with Crippen LogP contribution in [0.5, 0.6) is 0 Å². The van der Waals surface area contributed by atoms with Crippen molar-refractivity contribution in [1.82, 2.24) is 4.90 Å². The van der Waals surface area contributed by atoms with Crippen LogP contribution in [0.2, 0.25) is 0 Å². The van der Waals surface area contributed by atoms with Crippen molar-refractivity contribution in [1.29, 1.82) is 0 Å². The van der Waals surface area contributed by atoms with Crippen molar-refractivity contribution in [3.8, 4) is 0 Å². The molecule has 1 aromatic rings. The second-order valence-electron chi connectivity index (χ2n) is 6.60. The van der Waals surface area contributed by atoms with Crippen LogP contribution in [0.15, 0.2) is 22.8 Å². The van der Waals surface area contributed by atoms with Crippen LogP contribution < -0.4 is 5.73 Å². The summed E-state index contributed by atoms with van der Waals surface area (Å²) in [5.41, 5.74) is 6.35. The molecule has 1 saturated carbocycles. The van der Waals surface area contributed by atoms with E-state index in [1.165, 1.54) is 19.3 Å². The minimum absolute atomic E-state index is 0.0893. The molecule has 0 amide bonds. The maximum Gasteiger partial charge on any atom is 0.117 e. The first-order chi connectivity index (χ1) is 10.3. The molecule has 1 aliphatic heterocycles. The van der Waals surface area contributed by atoms with Gasteiger partial charge in [-0.2, -0.15) is 0 Å². The monoisotopic (exact) mass is 292 g/mol. The standard InChI is InChI=1S/C17H28N2O2/c1-2-4-15-11-17(13-18,8-10-21-15)19(14-6-7-14)12-16-5-3-9-20-16/h3,5,9,14-15H,2,4,6-8,10-13,18H2,1H3. The molecule has 21 heavy (non-hydrogen) atoms. The SMILES string of the molecule is CCCC1CC(CN)(N(Cc2ccco2)C2CC2)CCO1. The van der Waals surface area contributed by atoms with Crippen molar-refractivity contribution in [3.63, 3.8) is 0 Å². The van der Waals surface area contributed by atoms with E-state index in [1.54, 1.807) is 6.26 Å². The lowest BCUT2D eigenvalue weighted by atomic mass is 9.83. The molecule has 118 valence electrons. The van der Waals surface area contributed by atoms with E-state index in [-0.39, 0.29) is 5.54 Å². The molecule has 2 unspecified atom stereocenters. The highest BCUT2D eigenvalue weighted by atomic mass is 16.5. The highest BCUT2D eigenvalue weighted by Crippen LogP contribution is 2.40. The van der Waals surface area contributed by atoms with E-state index in [9.17, 15) is 0 Å². The number of hydrogen-bond acceptors (Lipinski definition) is 4. The lowest BCUT2D eigenvalue weighted by molar-refractivity contribution is -0.0810. The molecular weight excluding hydrogens is 264 g/mol. The van der Waals surface area contributed by atoms with Crippen LogP contribution in [0.1, 0.15) is 51.2 Å². The molecule has 3 rings (SSSR count). The second-order valence-corrected chi connectivity index (χ2v) is 6.60. The van der Waals surface area contributed by atoms with Crippen LogP contribution in [-0.4, -0.2) is 35.7 Å². The first-order valence-corrected chi connectivity index (χ1v) is 8.38. The molecule has 0 aromatic carbocycles. The average Bonchev–Trinajstić information content (AvgIpc) is 3.21. The minimum atomic E-state index is 0.0893. The Balaban J connectivity index is 1.77. The molecule has 2 heterocycles. The highest BCUT2D eigenvalue weighted by molar-refractivity contribution is 5.06. The van der Waals surface area contributed by atoms with E-state index in [4.69, 9.17) is 14.9 Å². The van der Waals surface area contributed by atoms with Gasteiger partial charge in [-0.1, -0.05) is 13.3 Å². The van der Waals surface area contributed by atoms with Gasteiger partial charge in [0.05, 0.1) is 18.9 Å². The molecule has 1 aliphatic carbocycles. The van der Waals surface area contributed by atoms with Gasteiger partial charge < -0.3 is 14.9 Å². The summed E-state index contributed by atoms with van der Waals surface area (Å²) in [5, 5.41) is 0. The van der Waals surface area contributed by atoms with E-state index in [0.29, 0.717) is 18.7 Å². The number of nitrogens with two attached hydrogens (primary N) is 1. The van der Waals surface area contributed by atoms with Gasteiger partial charge in [0, 0.05) is 24.7 Å². The van der Waals surface area contributed by atoms with Crippen LogP contribution in [0.4, 0.5) is 0 Å². The van der Waals surface area contributed by atoms with Crippen molar-refractivity contribution in [2.75, 3.05) is 13.2 Å². The number of furan rings is 1. The molecule has 2 atom stereocenters. The van der Waals surface area contributed by atoms with Gasteiger partial charge in [0.2, 0.25) is 0 Å². The van der Waals surface area contributed by atoms with Crippen LogP contribution in [-0.2, 0) is 11.3 Å². The van der Waals surface area contributed by atoms with Gasteiger partial charge in [-0.05, 0) is 44.2 Å². The maximum absolute atomic E-state index is 6.26. The predicted molar refractivity (Wildman–Crippen MR) is 82.9 cm³/mol. The molecule has 1 aromatic heterocycles. The van der Waals surface area contributed by atoms with Crippen LogP contribution in [0, 0.1) is 0 Å². The summed E-state index contributed by atoms with van der Waals surface area (Å²) in [6.45, 7) is 4.66. The summed E-state index contributed by atoms with van der Waals surface area (Å²) in [6.07, 6.45) is 9.14. The van der Waals surface area contributed by atoms with E-state index in [1.807, 2.05) is 6.07 Å². The van der Waals surface area contributed by atoms with E-state index >= 15 is 0 Å². The normalized spacial score (nSPS) is 30.0. The molecule has 0 radical (unpaired) electrons. The third kappa shape index (κ3) is 3.33. The Kier molecular flexibility index (Phi) is 4.67. The Hall–Kier alpha value is -0.840. The molecule has 0 spiro atoms. The Morgan fingerprint density at radius 3 is 2.90 bits per heavy atom. The molecule has 1 saturated heterocycles. The second kappa shape index (κ2) is 6.51. The number of rotatable bonds is 7. The molecule has 0 bridgehead atoms. The zero-order valence-electron chi connectivity index (χ0n) is 13.1. The quantitative estimate of drug-likeness (QED) is 0.839. The van der Waals surface area contributed by atoms with Crippen molar-refractivity contribution in [2.24, 2.45) is 5.73 Å². The predicted octanol–water partition coefficient (Wildman–Crippen LogP) is 2.92. The van der Waals surface area contributed by atoms with Crippen LogP contribution in [0.25, 0.3) is 0 Å². The molecule has 2 fully saturated rings. The molecule has 2 N–H and O–H groups in total. The largest absolute Gasteiger partial charge is 0.468 e. The summed E-state index contributed by atoms with van der Waals surface area (Å²) in [7, 11) is 0. The molecule has 4 heteroatoms. The maximum atomic E-state index is 6.26. The van der Waals surface area contributed by atoms with Crippen molar-refractivity contribution in [3.05, 3.63) is 24.2 Å². The van der Waals surface area contributed by atoms with E-state index in [2.05, 4.69) is 17.9 Å². The third-order valence-electron chi connectivity index (χ3n) is 5.02. The first-order valence-electron chi connectivity index (χ1n) is 8.38. The zero-order valence-corrected chi connectivity index (χ0v) is 13.1. The van der Waals surface area contributed by atoms with Gasteiger partial charge in [0.15, 0.2) is 0 Å². The number of ether oxygens (including phenoxy) is 1. The summed E-state index contributed by atoms with van der Waals surface area (Å²) in [4.78, 5) is 2.62. The number of nitrogens with zero attached hydrogens (tertiary/aromatic N) is 1. The van der Waals surface area contributed by atoms with Crippen LogP contribution in [0.3, 0.4) is 0 Å². The Morgan fingerprint density at radius 2 is 2.29 bits per heavy atom. The lowest BCUT2D eigenvalue weighted by Gasteiger charge is -2.48. The fourth-order valence-electron chi connectivity index (χ4n) is 3.71. The summed E-state index contributed by atoms with van der Waals surface area (Å²) in [5.74, 6) is 1.05. The van der Waals surface area contributed by atoms with Gasteiger partial charge >= 0.3 is 0 Å². The zero-order chi connectivity index (χ0) is 14.7. The fraction of sp³-hybridized carbons (Fsp3) is 0.765. The van der Waals surface area contributed by atoms with Crippen LogP contribution >= 0.6 is 0 Å². The van der Waals surface area contributed by atoms with Gasteiger partial charge in [0.1, 0.15) is 5.76 Å².